The lowest BCUT2D eigenvalue weighted by molar-refractivity contribution is -0.384. The van der Waals surface area contributed by atoms with Crippen LogP contribution in [0, 0.1) is 10.1 Å². The zero-order valence-electron chi connectivity index (χ0n) is 11.4. The van der Waals surface area contributed by atoms with E-state index in [4.69, 9.17) is 4.74 Å². The molecule has 0 aliphatic heterocycles. The molecule has 0 fully saturated rings. The molecule has 1 N–H and O–H groups in total. The van der Waals surface area contributed by atoms with E-state index < -0.39 is 11.2 Å². The number of amides is 1. The number of hydrogen-bond acceptors (Lipinski definition) is 4. The van der Waals surface area contributed by atoms with Crippen molar-refractivity contribution in [2.24, 2.45) is 0 Å². The second-order valence-electron chi connectivity index (χ2n) is 4.30. The van der Waals surface area contributed by atoms with E-state index >= 15 is 0 Å². The van der Waals surface area contributed by atoms with Crippen molar-refractivity contribution >= 4 is 11.6 Å². The molecule has 108 valence electrons. The first-order chi connectivity index (χ1) is 10.1. The van der Waals surface area contributed by atoms with Crippen molar-refractivity contribution in [1.29, 1.82) is 0 Å². The summed E-state index contributed by atoms with van der Waals surface area (Å²) >= 11 is 0. The molecule has 0 bridgehead atoms. The first kappa shape index (κ1) is 14.7. The van der Waals surface area contributed by atoms with Gasteiger partial charge in [-0.25, -0.2) is 0 Å². The Bertz CT molecular complexity index is 626. The standard InChI is InChI=1S/C15H14N2O4/c1-21-15(12-7-9-13(10-8-12)17(19)20)16-14(18)11-5-3-2-4-6-11/h2-10,15H,1H3,(H,16,18). The Kier molecular flexibility index (Phi) is 4.63. The highest BCUT2D eigenvalue weighted by atomic mass is 16.6. The first-order valence-electron chi connectivity index (χ1n) is 6.25. The summed E-state index contributed by atoms with van der Waals surface area (Å²) < 4.78 is 5.23. The molecule has 0 aliphatic rings. The van der Waals surface area contributed by atoms with Crippen molar-refractivity contribution in [1.82, 2.24) is 5.32 Å². The van der Waals surface area contributed by atoms with Crippen LogP contribution in [0.25, 0.3) is 0 Å². The molecule has 0 aromatic heterocycles. The summed E-state index contributed by atoms with van der Waals surface area (Å²) in [6, 6.07) is 14.6. The Labute approximate surface area is 121 Å². The molecule has 0 radical (unpaired) electrons. The number of nitro groups is 1. The van der Waals surface area contributed by atoms with Gasteiger partial charge in [-0.3, -0.25) is 14.9 Å². The molecule has 2 aromatic carbocycles. The number of non-ortho nitro benzene ring substituents is 1. The van der Waals surface area contributed by atoms with Crippen LogP contribution in [-0.4, -0.2) is 17.9 Å². The number of rotatable bonds is 5. The minimum Gasteiger partial charge on any atom is -0.357 e. The molecule has 0 saturated heterocycles. The number of carbonyl (C=O) groups is 1. The highest BCUT2D eigenvalue weighted by molar-refractivity contribution is 5.94. The summed E-state index contributed by atoms with van der Waals surface area (Å²) in [6.07, 6.45) is -0.668. The van der Waals surface area contributed by atoms with Crippen LogP contribution >= 0.6 is 0 Å². The van der Waals surface area contributed by atoms with E-state index in [1.54, 1.807) is 36.4 Å². The van der Waals surface area contributed by atoms with Gasteiger partial charge in [0.15, 0.2) is 6.23 Å². The minimum absolute atomic E-state index is 0.0111. The topological polar surface area (TPSA) is 81.5 Å². The van der Waals surface area contributed by atoms with Crippen molar-refractivity contribution < 1.29 is 14.5 Å². The molecule has 0 spiro atoms. The number of carbonyl (C=O) groups excluding carboxylic acids is 1. The number of methoxy groups -OCH3 is 1. The zero-order chi connectivity index (χ0) is 15.2. The van der Waals surface area contributed by atoms with E-state index in [0.29, 0.717) is 11.1 Å². The monoisotopic (exact) mass is 286 g/mol. The normalized spacial score (nSPS) is 11.7. The van der Waals surface area contributed by atoms with E-state index in [9.17, 15) is 14.9 Å². The maximum absolute atomic E-state index is 12.1. The lowest BCUT2D eigenvalue weighted by Crippen LogP contribution is -2.29. The molecule has 0 aliphatic carbocycles. The quantitative estimate of drug-likeness (QED) is 0.520. The molecule has 0 heterocycles. The summed E-state index contributed by atoms with van der Waals surface area (Å²) in [7, 11) is 1.46. The highest BCUT2D eigenvalue weighted by Crippen LogP contribution is 2.18. The molecule has 1 amide bonds. The van der Waals surface area contributed by atoms with Gasteiger partial charge in [0, 0.05) is 30.4 Å². The van der Waals surface area contributed by atoms with Gasteiger partial charge in [0.05, 0.1) is 4.92 Å². The fourth-order valence-corrected chi connectivity index (χ4v) is 1.84. The molecule has 6 nitrogen and oxygen atoms in total. The fraction of sp³-hybridized carbons (Fsp3) is 0.133. The Hall–Kier alpha value is -2.73. The fourth-order valence-electron chi connectivity index (χ4n) is 1.84. The van der Waals surface area contributed by atoms with Crippen LogP contribution in [0.2, 0.25) is 0 Å². The third kappa shape index (κ3) is 3.64. The van der Waals surface area contributed by atoms with Gasteiger partial charge >= 0.3 is 0 Å². The first-order valence-corrected chi connectivity index (χ1v) is 6.25. The number of nitrogens with one attached hydrogen (secondary N) is 1. The van der Waals surface area contributed by atoms with E-state index in [2.05, 4.69) is 5.32 Å². The predicted molar refractivity (Wildman–Crippen MR) is 76.8 cm³/mol. The van der Waals surface area contributed by atoms with Crippen LogP contribution in [0.15, 0.2) is 54.6 Å². The molecule has 21 heavy (non-hydrogen) atoms. The van der Waals surface area contributed by atoms with Crippen LogP contribution in [0.3, 0.4) is 0 Å². The van der Waals surface area contributed by atoms with Crippen LogP contribution in [0.4, 0.5) is 5.69 Å². The Morgan fingerprint density at radius 1 is 1.14 bits per heavy atom. The largest absolute Gasteiger partial charge is 0.357 e. The van der Waals surface area contributed by atoms with Gasteiger partial charge in [-0.1, -0.05) is 18.2 Å². The van der Waals surface area contributed by atoms with Crippen molar-refractivity contribution in [2.45, 2.75) is 6.23 Å². The molecule has 2 aromatic rings. The van der Waals surface area contributed by atoms with Crippen LogP contribution in [-0.2, 0) is 4.74 Å². The number of hydrogen-bond donors (Lipinski definition) is 1. The maximum Gasteiger partial charge on any atom is 0.269 e. The lowest BCUT2D eigenvalue weighted by atomic mass is 10.1. The molecular formula is C15H14N2O4. The van der Waals surface area contributed by atoms with E-state index in [1.165, 1.54) is 19.2 Å². The number of nitrogens with zero attached hydrogens (tertiary/aromatic N) is 1. The van der Waals surface area contributed by atoms with Crippen molar-refractivity contribution in [3.8, 4) is 0 Å². The maximum atomic E-state index is 12.1. The molecular weight excluding hydrogens is 272 g/mol. The van der Waals surface area contributed by atoms with Crippen LogP contribution < -0.4 is 5.32 Å². The Morgan fingerprint density at radius 2 is 1.76 bits per heavy atom. The van der Waals surface area contributed by atoms with Crippen molar-refractivity contribution in [3.05, 3.63) is 75.8 Å². The minimum atomic E-state index is -0.668. The second kappa shape index (κ2) is 6.62. The molecule has 2 rings (SSSR count). The average Bonchev–Trinajstić information content (AvgIpc) is 2.53. The third-order valence-electron chi connectivity index (χ3n) is 2.94. The SMILES string of the molecule is COC(NC(=O)c1ccccc1)c1ccc([N+](=O)[O-])cc1. The van der Waals surface area contributed by atoms with Crippen molar-refractivity contribution in [2.75, 3.05) is 7.11 Å². The molecule has 6 heteroatoms. The van der Waals surface area contributed by atoms with Crippen LogP contribution in [0.5, 0.6) is 0 Å². The number of benzene rings is 2. The summed E-state index contributed by atoms with van der Waals surface area (Å²) in [5, 5.41) is 13.3. The smallest absolute Gasteiger partial charge is 0.269 e. The Balaban J connectivity index is 2.13. The van der Waals surface area contributed by atoms with Gasteiger partial charge in [-0.05, 0) is 24.3 Å². The van der Waals surface area contributed by atoms with E-state index in [1.807, 2.05) is 6.07 Å². The van der Waals surface area contributed by atoms with E-state index in [-0.39, 0.29) is 11.6 Å². The van der Waals surface area contributed by atoms with Gasteiger partial charge in [0.25, 0.3) is 11.6 Å². The summed E-state index contributed by atoms with van der Waals surface area (Å²) in [4.78, 5) is 22.2. The molecule has 0 saturated carbocycles. The molecule has 1 unspecified atom stereocenters. The van der Waals surface area contributed by atoms with Gasteiger partial charge < -0.3 is 10.1 Å². The summed E-state index contributed by atoms with van der Waals surface area (Å²) in [5.74, 6) is -0.277. The van der Waals surface area contributed by atoms with Crippen molar-refractivity contribution in [3.63, 3.8) is 0 Å². The van der Waals surface area contributed by atoms with Gasteiger partial charge in [-0.15, -0.1) is 0 Å². The third-order valence-corrected chi connectivity index (χ3v) is 2.94. The van der Waals surface area contributed by atoms with Crippen LogP contribution in [0.1, 0.15) is 22.1 Å². The van der Waals surface area contributed by atoms with Gasteiger partial charge in [0.2, 0.25) is 0 Å². The lowest BCUT2D eigenvalue weighted by Gasteiger charge is -2.17. The predicted octanol–water partition coefficient (Wildman–Crippen LogP) is 2.67. The second-order valence-corrected chi connectivity index (χ2v) is 4.30. The van der Waals surface area contributed by atoms with Gasteiger partial charge in [0.1, 0.15) is 0 Å². The summed E-state index contributed by atoms with van der Waals surface area (Å²) in [5.41, 5.74) is 1.14. The van der Waals surface area contributed by atoms with E-state index in [0.717, 1.165) is 0 Å². The van der Waals surface area contributed by atoms with Gasteiger partial charge in [-0.2, -0.15) is 0 Å². The highest BCUT2D eigenvalue weighted by Gasteiger charge is 2.16. The summed E-state index contributed by atoms with van der Waals surface area (Å²) in [6.45, 7) is 0. The molecule has 1 atom stereocenters. The Morgan fingerprint density at radius 3 is 2.29 bits per heavy atom. The number of ether oxygens (including phenoxy) is 1. The number of nitro benzene ring substituents is 1. The zero-order valence-corrected chi connectivity index (χ0v) is 11.4. The average molecular weight is 286 g/mol.